The van der Waals surface area contributed by atoms with Gasteiger partial charge in [0, 0.05) is 31.1 Å². The fourth-order valence-electron chi connectivity index (χ4n) is 4.28. The zero-order valence-electron chi connectivity index (χ0n) is 13.1. The second-order valence-corrected chi connectivity index (χ2v) is 7.57. The van der Waals surface area contributed by atoms with E-state index >= 15 is 0 Å². The Hall–Kier alpha value is 0.0500. The van der Waals surface area contributed by atoms with E-state index in [2.05, 4.69) is 26.0 Å². The molecule has 1 saturated carbocycles. The zero-order valence-corrected chi connectivity index (χ0v) is 13.9. The maximum Gasteiger partial charge on any atom is 0.129 e. The highest BCUT2D eigenvalue weighted by atomic mass is 35.5. The predicted molar refractivity (Wildman–Crippen MR) is 86.1 cm³/mol. The van der Waals surface area contributed by atoms with Gasteiger partial charge in [-0.15, -0.1) is 11.6 Å². The van der Waals surface area contributed by atoms with Crippen molar-refractivity contribution in [2.75, 3.05) is 32.8 Å². The highest BCUT2D eigenvalue weighted by molar-refractivity contribution is 6.21. The largest absolute Gasteiger partial charge is 0.379 e. The van der Waals surface area contributed by atoms with Gasteiger partial charge >= 0.3 is 0 Å². The van der Waals surface area contributed by atoms with Gasteiger partial charge in [0.25, 0.3) is 0 Å². The lowest BCUT2D eigenvalue weighted by Crippen LogP contribution is -2.64. The summed E-state index contributed by atoms with van der Waals surface area (Å²) in [4.78, 5) is 2.42. The number of alkyl halides is 1. The number of morpholine rings is 1. The van der Waals surface area contributed by atoms with E-state index in [1.54, 1.807) is 0 Å². The molecule has 3 saturated heterocycles. The average Bonchev–Trinajstić information content (AvgIpc) is 2.95. The van der Waals surface area contributed by atoms with Crippen LogP contribution < -0.4 is 16.1 Å². The van der Waals surface area contributed by atoms with E-state index in [-0.39, 0.29) is 18.0 Å². The zero-order chi connectivity index (χ0) is 14.9. The SMILES string of the molecule is ClC1CCCCCC2CN3NC(N4CCOCC4)NC3NC12. The molecule has 5 unspecified atom stereocenters. The second kappa shape index (κ2) is 6.89. The summed E-state index contributed by atoms with van der Waals surface area (Å²) in [7, 11) is 0. The van der Waals surface area contributed by atoms with Crippen LogP contribution in [-0.4, -0.2) is 66.8 Å². The van der Waals surface area contributed by atoms with E-state index in [4.69, 9.17) is 16.3 Å². The fraction of sp³-hybridized carbons (Fsp3) is 1.00. The Morgan fingerprint density at radius 1 is 0.955 bits per heavy atom. The van der Waals surface area contributed by atoms with E-state index < -0.39 is 0 Å². The molecule has 4 aliphatic rings. The number of ether oxygens (including phenoxy) is 1. The third-order valence-corrected chi connectivity index (χ3v) is 6.05. The predicted octanol–water partition coefficient (Wildman–Crippen LogP) is 0.455. The summed E-state index contributed by atoms with van der Waals surface area (Å²) in [6.07, 6.45) is 6.77. The molecule has 3 heterocycles. The lowest BCUT2D eigenvalue weighted by molar-refractivity contribution is -0.00349. The van der Waals surface area contributed by atoms with E-state index in [0.29, 0.717) is 12.0 Å². The summed E-state index contributed by atoms with van der Waals surface area (Å²) in [5, 5.41) is 10.0. The Balaban J connectivity index is 1.41. The maximum absolute atomic E-state index is 6.69. The first kappa shape index (κ1) is 15.6. The van der Waals surface area contributed by atoms with Gasteiger partial charge in [-0.25, -0.2) is 10.4 Å². The molecule has 0 radical (unpaired) electrons. The molecular weight excluding hydrogens is 302 g/mol. The molecule has 0 amide bonds. The van der Waals surface area contributed by atoms with Crippen molar-refractivity contribution in [3.05, 3.63) is 0 Å². The first-order valence-electron chi connectivity index (χ1n) is 8.82. The Bertz CT molecular complexity index is 381. The molecule has 7 heteroatoms. The molecule has 6 nitrogen and oxygen atoms in total. The second-order valence-electron chi connectivity index (χ2n) is 7.01. The summed E-state index contributed by atoms with van der Waals surface area (Å²) in [5.74, 6) is 0.650. The van der Waals surface area contributed by atoms with Gasteiger partial charge in [-0.05, 0) is 18.8 Å². The Labute approximate surface area is 137 Å². The van der Waals surface area contributed by atoms with Gasteiger partial charge in [-0.3, -0.25) is 15.5 Å². The standard InChI is InChI=1S/C15H28ClN5O/c16-12-5-3-1-2-4-11-10-21-14(17-13(11)12)18-15(19-21)20-6-8-22-9-7-20/h11-15,17-19H,1-10H2. The van der Waals surface area contributed by atoms with Gasteiger partial charge in [0.15, 0.2) is 0 Å². The number of hydrogen-bond donors (Lipinski definition) is 3. The van der Waals surface area contributed by atoms with Crippen LogP contribution in [0.3, 0.4) is 0 Å². The first-order valence-corrected chi connectivity index (χ1v) is 9.26. The van der Waals surface area contributed by atoms with Crippen LogP contribution in [0.15, 0.2) is 0 Å². The minimum atomic E-state index is 0.190. The van der Waals surface area contributed by atoms with Gasteiger partial charge in [-0.1, -0.05) is 19.3 Å². The molecule has 0 aromatic carbocycles. The Morgan fingerprint density at radius 3 is 2.64 bits per heavy atom. The molecule has 3 aliphatic heterocycles. The quantitative estimate of drug-likeness (QED) is 0.608. The number of hydrazine groups is 1. The van der Waals surface area contributed by atoms with Crippen LogP contribution >= 0.6 is 11.6 Å². The number of halogens is 1. The van der Waals surface area contributed by atoms with E-state index in [1.165, 1.54) is 25.7 Å². The van der Waals surface area contributed by atoms with Crippen molar-refractivity contribution in [3.8, 4) is 0 Å². The van der Waals surface area contributed by atoms with Crippen LogP contribution in [0.25, 0.3) is 0 Å². The molecule has 126 valence electrons. The fourth-order valence-corrected chi connectivity index (χ4v) is 4.72. The van der Waals surface area contributed by atoms with Crippen LogP contribution in [0.2, 0.25) is 0 Å². The third kappa shape index (κ3) is 3.15. The van der Waals surface area contributed by atoms with Crippen molar-refractivity contribution in [3.63, 3.8) is 0 Å². The minimum absolute atomic E-state index is 0.190. The van der Waals surface area contributed by atoms with Crippen LogP contribution in [0, 0.1) is 5.92 Å². The van der Waals surface area contributed by atoms with Crippen LogP contribution in [-0.2, 0) is 4.74 Å². The summed E-state index contributed by atoms with van der Waals surface area (Å²) in [6, 6.07) is 0.431. The average molecular weight is 330 g/mol. The smallest absolute Gasteiger partial charge is 0.129 e. The topological polar surface area (TPSA) is 51.8 Å². The molecule has 0 aromatic heterocycles. The normalized spacial score (nSPS) is 44.9. The molecule has 3 N–H and O–H groups in total. The number of hydrogen-bond acceptors (Lipinski definition) is 6. The third-order valence-electron chi connectivity index (χ3n) is 5.56. The highest BCUT2D eigenvalue weighted by Crippen LogP contribution is 2.30. The molecule has 0 bridgehead atoms. The maximum atomic E-state index is 6.69. The van der Waals surface area contributed by atoms with Crippen molar-refractivity contribution in [2.45, 2.75) is 56.1 Å². The molecule has 0 aromatic rings. The summed E-state index contributed by atoms with van der Waals surface area (Å²) in [5.41, 5.74) is 3.63. The number of rotatable bonds is 1. The van der Waals surface area contributed by atoms with Crippen LogP contribution in [0.5, 0.6) is 0 Å². The molecular formula is C15H28ClN5O. The molecule has 22 heavy (non-hydrogen) atoms. The molecule has 0 spiro atoms. The van der Waals surface area contributed by atoms with Gasteiger partial charge in [-0.2, -0.15) is 0 Å². The Kier molecular flexibility index (Phi) is 4.88. The minimum Gasteiger partial charge on any atom is -0.379 e. The molecule has 4 fully saturated rings. The van der Waals surface area contributed by atoms with Crippen molar-refractivity contribution in [2.24, 2.45) is 5.92 Å². The van der Waals surface area contributed by atoms with Gasteiger partial charge in [0.2, 0.25) is 0 Å². The molecule has 4 rings (SSSR count). The number of nitrogens with one attached hydrogen (secondary N) is 3. The van der Waals surface area contributed by atoms with Gasteiger partial charge in [0.1, 0.15) is 12.6 Å². The summed E-state index contributed by atoms with van der Waals surface area (Å²) >= 11 is 6.69. The lowest BCUT2D eigenvalue weighted by atomic mass is 9.85. The number of nitrogens with zero attached hydrogens (tertiary/aromatic N) is 2. The van der Waals surface area contributed by atoms with Gasteiger partial charge in [0.05, 0.1) is 13.2 Å². The van der Waals surface area contributed by atoms with Crippen LogP contribution in [0.1, 0.15) is 32.1 Å². The highest BCUT2D eigenvalue weighted by Gasteiger charge is 2.44. The van der Waals surface area contributed by atoms with Crippen molar-refractivity contribution in [1.29, 1.82) is 0 Å². The van der Waals surface area contributed by atoms with Crippen molar-refractivity contribution < 1.29 is 4.74 Å². The van der Waals surface area contributed by atoms with Crippen molar-refractivity contribution >= 4 is 11.6 Å². The molecule has 1 aliphatic carbocycles. The van der Waals surface area contributed by atoms with Gasteiger partial charge < -0.3 is 4.74 Å². The van der Waals surface area contributed by atoms with Crippen LogP contribution in [0.4, 0.5) is 0 Å². The summed E-state index contributed by atoms with van der Waals surface area (Å²) < 4.78 is 5.45. The Morgan fingerprint density at radius 2 is 1.77 bits per heavy atom. The lowest BCUT2D eigenvalue weighted by Gasteiger charge is -2.43. The monoisotopic (exact) mass is 329 g/mol. The van der Waals surface area contributed by atoms with E-state index in [9.17, 15) is 0 Å². The van der Waals surface area contributed by atoms with Crippen molar-refractivity contribution in [1.82, 2.24) is 26.0 Å². The molecule has 5 atom stereocenters. The first-order chi connectivity index (χ1) is 10.8. The van der Waals surface area contributed by atoms with E-state index in [0.717, 1.165) is 39.3 Å². The summed E-state index contributed by atoms with van der Waals surface area (Å²) in [6.45, 7) is 4.70. The van der Waals surface area contributed by atoms with E-state index in [1.807, 2.05) is 0 Å². The number of fused-ring (bicyclic) bond motifs is 2.